The SMILES string of the molecule is COc1ccc(NC(N)=NCC2(N3CCCC3)CCOCC2)cc1. The summed E-state index contributed by atoms with van der Waals surface area (Å²) in [6.45, 7) is 4.70. The molecule has 0 unspecified atom stereocenters. The van der Waals surface area contributed by atoms with Gasteiger partial charge in [0, 0.05) is 24.4 Å². The van der Waals surface area contributed by atoms with E-state index in [4.69, 9.17) is 15.2 Å². The molecule has 0 radical (unpaired) electrons. The molecule has 2 aliphatic heterocycles. The van der Waals surface area contributed by atoms with Crippen LogP contribution < -0.4 is 15.8 Å². The van der Waals surface area contributed by atoms with Crippen LogP contribution in [-0.4, -0.2) is 56.4 Å². The molecule has 24 heavy (non-hydrogen) atoms. The van der Waals surface area contributed by atoms with Crippen molar-refractivity contribution in [1.29, 1.82) is 0 Å². The van der Waals surface area contributed by atoms with Crippen LogP contribution in [0.3, 0.4) is 0 Å². The van der Waals surface area contributed by atoms with E-state index in [-0.39, 0.29) is 5.54 Å². The molecule has 132 valence electrons. The minimum absolute atomic E-state index is 0.112. The maximum Gasteiger partial charge on any atom is 0.193 e. The fraction of sp³-hybridized carbons (Fsp3) is 0.611. The quantitative estimate of drug-likeness (QED) is 0.638. The lowest BCUT2D eigenvalue weighted by Crippen LogP contribution is -2.53. The second kappa shape index (κ2) is 7.85. The highest BCUT2D eigenvalue weighted by Gasteiger charge is 2.39. The Morgan fingerprint density at radius 3 is 2.54 bits per heavy atom. The monoisotopic (exact) mass is 332 g/mol. The summed E-state index contributed by atoms with van der Waals surface area (Å²) in [5.74, 6) is 1.29. The van der Waals surface area contributed by atoms with Crippen LogP contribution in [0, 0.1) is 0 Å². The van der Waals surface area contributed by atoms with Crippen molar-refractivity contribution in [1.82, 2.24) is 4.90 Å². The lowest BCUT2D eigenvalue weighted by atomic mass is 9.88. The van der Waals surface area contributed by atoms with Gasteiger partial charge in [-0.15, -0.1) is 0 Å². The number of anilines is 1. The standard InChI is InChI=1S/C18H28N4O2/c1-23-16-6-4-15(5-7-16)21-17(19)20-14-18(8-12-24-13-9-18)22-10-2-3-11-22/h4-7H,2-3,8-14H2,1H3,(H3,19,20,21). The van der Waals surface area contributed by atoms with E-state index in [9.17, 15) is 0 Å². The van der Waals surface area contributed by atoms with Crippen molar-refractivity contribution in [2.75, 3.05) is 45.3 Å². The highest BCUT2D eigenvalue weighted by Crippen LogP contribution is 2.31. The van der Waals surface area contributed by atoms with Gasteiger partial charge < -0.3 is 20.5 Å². The Hall–Kier alpha value is -1.79. The van der Waals surface area contributed by atoms with E-state index in [1.807, 2.05) is 24.3 Å². The topological polar surface area (TPSA) is 72.1 Å². The van der Waals surface area contributed by atoms with E-state index >= 15 is 0 Å². The van der Waals surface area contributed by atoms with E-state index in [1.54, 1.807) is 7.11 Å². The first kappa shape index (κ1) is 17.0. The average Bonchev–Trinajstić information content (AvgIpc) is 3.17. The van der Waals surface area contributed by atoms with Crippen molar-refractivity contribution < 1.29 is 9.47 Å². The molecule has 0 spiro atoms. The van der Waals surface area contributed by atoms with Crippen LogP contribution >= 0.6 is 0 Å². The Bertz CT molecular complexity index is 547. The van der Waals surface area contributed by atoms with Crippen molar-refractivity contribution in [3.63, 3.8) is 0 Å². The number of ether oxygens (including phenoxy) is 2. The maximum absolute atomic E-state index is 6.11. The van der Waals surface area contributed by atoms with Gasteiger partial charge in [0.2, 0.25) is 0 Å². The third kappa shape index (κ3) is 3.99. The van der Waals surface area contributed by atoms with E-state index in [1.165, 1.54) is 25.9 Å². The van der Waals surface area contributed by atoms with Crippen LogP contribution in [0.15, 0.2) is 29.3 Å². The number of hydrogen-bond acceptors (Lipinski definition) is 4. The molecule has 0 atom stereocenters. The second-order valence-corrected chi connectivity index (χ2v) is 6.59. The molecule has 0 saturated carbocycles. The highest BCUT2D eigenvalue weighted by atomic mass is 16.5. The van der Waals surface area contributed by atoms with E-state index in [0.717, 1.165) is 44.0 Å². The zero-order valence-corrected chi connectivity index (χ0v) is 14.5. The summed E-state index contributed by atoms with van der Waals surface area (Å²) in [4.78, 5) is 7.25. The Labute approximate surface area is 144 Å². The van der Waals surface area contributed by atoms with Gasteiger partial charge in [0.15, 0.2) is 5.96 Å². The number of hydrogen-bond donors (Lipinski definition) is 2. The van der Waals surface area contributed by atoms with E-state index in [0.29, 0.717) is 5.96 Å². The first-order valence-electron chi connectivity index (χ1n) is 8.76. The third-order valence-electron chi connectivity index (χ3n) is 5.11. The lowest BCUT2D eigenvalue weighted by Gasteiger charge is -2.43. The zero-order valence-electron chi connectivity index (χ0n) is 14.5. The molecule has 0 bridgehead atoms. The number of rotatable bonds is 5. The molecule has 2 aliphatic rings. The minimum atomic E-state index is 0.112. The predicted molar refractivity (Wildman–Crippen MR) is 96.7 cm³/mol. The van der Waals surface area contributed by atoms with Crippen LogP contribution in [0.2, 0.25) is 0 Å². The van der Waals surface area contributed by atoms with Crippen LogP contribution in [0.25, 0.3) is 0 Å². The molecule has 6 heteroatoms. The zero-order chi connectivity index (χ0) is 16.8. The van der Waals surface area contributed by atoms with Gasteiger partial charge in [-0.1, -0.05) is 0 Å². The average molecular weight is 332 g/mol. The van der Waals surface area contributed by atoms with Crippen molar-refractivity contribution in [2.24, 2.45) is 10.7 Å². The molecule has 3 rings (SSSR count). The van der Waals surface area contributed by atoms with E-state index in [2.05, 4.69) is 15.2 Å². The van der Waals surface area contributed by atoms with Crippen LogP contribution in [0.4, 0.5) is 5.69 Å². The lowest BCUT2D eigenvalue weighted by molar-refractivity contribution is -0.0138. The molecule has 0 amide bonds. The van der Waals surface area contributed by atoms with Crippen LogP contribution in [0.5, 0.6) is 5.75 Å². The number of benzene rings is 1. The summed E-state index contributed by atoms with van der Waals surface area (Å²) in [6.07, 6.45) is 4.64. The fourth-order valence-electron chi connectivity index (χ4n) is 3.61. The van der Waals surface area contributed by atoms with Crippen molar-refractivity contribution in [3.8, 4) is 5.75 Å². The summed E-state index contributed by atoms with van der Waals surface area (Å²) >= 11 is 0. The van der Waals surface area contributed by atoms with Crippen molar-refractivity contribution in [2.45, 2.75) is 31.2 Å². The maximum atomic E-state index is 6.11. The molecule has 2 fully saturated rings. The number of guanidine groups is 1. The number of aliphatic imine (C=N–C) groups is 1. The molecule has 1 aromatic carbocycles. The fourth-order valence-corrected chi connectivity index (χ4v) is 3.61. The molecule has 3 N–H and O–H groups in total. The minimum Gasteiger partial charge on any atom is -0.497 e. The molecule has 1 aromatic rings. The largest absolute Gasteiger partial charge is 0.497 e. The van der Waals surface area contributed by atoms with Crippen LogP contribution in [-0.2, 0) is 4.74 Å². The first-order chi connectivity index (χ1) is 11.7. The molecule has 2 heterocycles. The smallest absolute Gasteiger partial charge is 0.193 e. The molecule has 6 nitrogen and oxygen atoms in total. The van der Waals surface area contributed by atoms with Gasteiger partial charge >= 0.3 is 0 Å². The number of methoxy groups -OCH3 is 1. The summed E-state index contributed by atoms with van der Waals surface area (Å²) < 4.78 is 10.7. The van der Waals surface area contributed by atoms with Gasteiger partial charge in [0.25, 0.3) is 0 Å². The predicted octanol–water partition coefficient (Wildman–Crippen LogP) is 2.07. The highest BCUT2D eigenvalue weighted by molar-refractivity contribution is 5.92. The number of nitrogens with two attached hydrogens (primary N) is 1. The van der Waals surface area contributed by atoms with Gasteiger partial charge in [0.1, 0.15) is 5.75 Å². The second-order valence-electron chi connectivity index (χ2n) is 6.59. The summed E-state index contributed by atoms with van der Waals surface area (Å²) in [6, 6.07) is 7.68. The first-order valence-corrected chi connectivity index (χ1v) is 8.76. The summed E-state index contributed by atoms with van der Waals surface area (Å²) in [5, 5.41) is 3.16. The Morgan fingerprint density at radius 1 is 1.25 bits per heavy atom. The molecule has 0 aliphatic carbocycles. The number of likely N-dealkylation sites (tertiary alicyclic amines) is 1. The van der Waals surface area contributed by atoms with E-state index < -0.39 is 0 Å². The number of nitrogens with one attached hydrogen (secondary N) is 1. The summed E-state index contributed by atoms with van der Waals surface area (Å²) in [5.41, 5.74) is 7.14. The van der Waals surface area contributed by atoms with Crippen LogP contribution in [0.1, 0.15) is 25.7 Å². The molecule has 0 aromatic heterocycles. The number of nitrogens with zero attached hydrogens (tertiary/aromatic N) is 2. The normalized spacial score (nSPS) is 21.6. The molecule has 2 saturated heterocycles. The Kier molecular flexibility index (Phi) is 5.58. The Balaban J connectivity index is 1.64. The Morgan fingerprint density at radius 2 is 1.92 bits per heavy atom. The van der Waals surface area contributed by atoms with Crippen molar-refractivity contribution >= 4 is 11.6 Å². The molecular weight excluding hydrogens is 304 g/mol. The molecular formula is C18H28N4O2. The summed E-state index contributed by atoms with van der Waals surface area (Å²) in [7, 11) is 1.66. The van der Waals surface area contributed by atoms with Gasteiger partial charge in [-0.05, 0) is 63.0 Å². The van der Waals surface area contributed by atoms with Gasteiger partial charge in [-0.25, -0.2) is 0 Å². The van der Waals surface area contributed by atoms with Gasteiger partial charge in [-0.3, -0.25) is 9.89 Å². The van der Waals surface area contributed by atoms with Gasteiger partial charge in [-0.2, -0.15) is 0 Å². The van der Waals surface area contributed by atoms with Gasteiger partial charge in [0.05, 0.1) is 13.7 Å². The third-order valence-corrected chi connectivity index (χ3v) is 5.11. The van der Waals surface area contributed by atoms with Crippen molar-refractivity contribution in [3.05, 3.63) is 24.3 Å².